The SMILES string of the molecule is O=C(N[C@H]1[C@H](CCF)OC[C@@H]1O)[C@H](CC1CCCCCCC1)NC(=O)N1CCOCC1. The molecule has 2 heterocycles. The Bertz CT molecular complexity index is 565. The normalized spacial score (nSPS) is 29.1. The van der Waals surface area contributed by atoms with Crippen molar-refractivity contribution in [3.05, 3.63) is 0 Å². The van der Waals surface area contributed by atoms with Crippen LogP contribution in [0.15, 0.2) is 0 Å². The molecule has 0 aromatic rings. The third kappa shape index (κ3) is 7.29. The first-order valence-electron chi connectivity index (χ1n) is 11.9. The standard InChI is InChI=1S/C22H38FN3O5/c23-9-8-19-20(18(27)15-31-19)25-21(28)17(14-16-6-4-2-1-3-5-7-16)24-22(29)26-10-12-30-13-11-26/h16-20,27H,1-15H2,(H,24,29)(H,25,28)/t17-,18-,19-,20+/m0/s1. The average Bonchev–Trinajstić information content (AvgIpc) is 3.09. The van der Waals surface area contributed by atoms with Crippen molar-refractivity contribution < 1.29 is 28.6 Å². The van der Waals surface area contributed by atoms with E-state index in [1.807, 2.05) is 0 Å². The van der Waals surface area contributed by atoms with Crippen molar-refractivity contribution in [3.63, 3.8) is 0 Å². The summed E-state index contributed by atoms with van der Waals surface area (Å²) in [5, 5.41) is 16.0. The number of rotatable bonds is 7. The van der Waals surface area contributed by atoms with Gasteiger partial charge in [0.2, 0.25) is 5.91 Å². The second-order valence-electron chi connectivity index (χ2n) is 9.00. The lowest BCUT2D eigenvalue weighted by molar-refractivity contribution is -0.125. The van der Waals surface area contributed by atoms with E-state index in [1.165, 1.54) is 19.3 Å². The zero-order chi connectivity index (χ0) is 22.1. The average molecular weight is 444 g/mol. The maximum Gasteiger partial charge on any atom is 0.318 e. The fourth-order valence-corrected chi connectivity index (χ4v) is 4.85. The van der Waals surface area contributed by atoms with Gasteiger partial charge in [0.15, 0.2) is 0 Å². The van der Waals surface area contributed by atoms with Crippen molar-refractivity contribution in [2.75, 3.05) is 39.6 Å². The van der Waals surface area contributed by atoms with Crippen molar-refractivity contribution in [3.8, 4) is 0 Å². The lowest BCUT2D eigenvalue weighted by atomic mass is 9.86. The van der Waals surface area contributed by atoms with Gasteiger partial charge in [-0.1, -0.05) is 44.9 Å². The number of amides is 3. The van der Waals surface area contributed by atoms with Crippen molar-refractivity contribution in [1.82, 2.24) is 15.5 Å². The van der Waals surface area contributed by atoms with Crippen molar-refractivity contribution in [1.29, 1.82) is 0 Å². The van der Waals surface area contributed by atoms with Crippen LogP contribution in [0.3, 0.4) is 0 Å². The van der Waals surface area contributed by atoms with Crippen LogP contribution >= 0.6 is 0 Å². The second-order valence-corrected chi connectivity index (χ2v) is 9.00. The maximum atomic E-state index is 13.2. The minimum Gasteiger partial charge on any atom is -0.388 e. The molecule has 0 unspecified atom stereocenters. The van der Waals surface area contributed by atoms with Crippen molar-refractivity contribution >= 4 is 11.9 Å². The monoisotopic (exact) mass is 443 g/mol. The van der Waals surface area contributed by atoms with Gasteiger partial charge in [-0.25, -0.2) is 4.79 Å². The smallest absolute Gasteiger partial charge is 0.318 e. The van der Waals surface area contributed by atoms with Gasteiger partial charge < -0.3 is 30.1 Å². The van der Waals surface area contributed by atoms with Crippen molar-refractivity contribution in [2.45, 2.75) is 82.1 Å². The third-order valence-electron chi connectivity index (χ3n) is 6.70. The molecule has 178 valence electrons. The molecule has 31 heavy (non-hydrogen) atoms. The van der Waals surface area contributed by atoms with E-state index in [0.29, 0.717) is 38.6 Å². The predicted octanol–water partition coefficient (Wildman–Crippen LogP) is 1.75. The number of urea groups is 1. The van der Waals surface area contributed by atoms with Crippen LogP contribution in [0.25, 0.3) is 0 Å². The van der Waals surface area contributed by atoms with Crippen LogP contribution in [-0.4, -0.2) is 85.8 Å². The second kappa shape index (κ2) is 12.6. The Hall–Kier alpha value is -1.45. The van der Waals surface area contributed by atoms with Crippen LogP contribution in [0.2, 0.25) is 0 Å². The van der Waals surface area contributed by atoms with Crippen LogP contribution in [0.5, 0.6) is 0 Å². The summed E-state index contributed by atoms with van der Waals surface area (Å²) in [5.74, 6) is 0.0366. The highest BCUT2D eigenvalue weighted by Crippen LogP contribution is 2.26. The van der Waals surface area contributed by atoms with E-state index < -0.39 is 31.0 Å². The first-order valence-corrected chi connectivity index (χ1v) is 11.9. The zero-order valence-corrected chi connectivity index (χ0v) is 18.4. The number of alkyl halides is 1. The number of aliphatic hydroxyl groups excluding tert-OH is 1. The molecule has 4 atom stereocenters. The van der Waals surface area contributed by atoms with Gasteiger partial charge in [-0.05, 0) is 12.3 Å². The minimum atomic E-state index is -0.877. The van der Waals surface area contributed by atoms with E-state index in [4.69, 9.17) is 9.47 Å². The molecule has 3 fully saturated rings. The third-order valence-corrected chi connectivity index (χ3v) is 6.70. The Morgan fingerprint density at radius 1 is 1.10 bits per heavy atom. The molecule has 1 aliphatic carbocycles. The molecule has 9 heteroatoms. The number of morpholine rings is 1. The molecule has 3 amide bonds. The predicted molar refractivity (Wildman–Crippen MR) is 113 cm³/mol. The summed E-state index contributed by atoms with van der Waals surface area (Å²) in [6.07, 6.45) is 7.34. The molecule has 0 aromatic carbocycles. The van der Waals surface area contributed by atoms with Gasteiger partial charge in [0.25, 0.3) is 0 Å². The topological polar surface area (TPSA) is 100 Å². The summed E-state index contributed by atoms with van der Waals surface area (Å²) < 4.78 is 23.6. The highest BCUT2D eigenvalue weighted by atomic mass is 19.1. The molecular weight excluding hydrogens is 405 g/mol. The van der Waals surface area contributed by atoms with E-state index in [2.05, 4.69) is 10.6 Å². The molecule has 8 nitrogen and oxygen atoms in total. The summed E-state index contributed by atoms with van der Waals surface area (Å²) in [6, 6.07) is -1.63. The van der Waals surface area contributed by atoms with Crippen LogP contribution < -0.4 is 10.6 Å². The minimum absolute atomic E-state index is 0.0725. The highest BCUT2D eigenvalue weighted by Gasteiger charge is 2.39. The molecule has 0 spiro atoms. The van der Waals surface area contributed by atoms with Crippen LogP contribution in [0.4, 0.5) is 9.18 Å². The number of nitrogens with one attached hydrogen (secondary N) is 2. The van der Waals surface area contributed by atoms with E-state index >= 15 is 0 Å². The van der Waals surface area contributed by atoms with Gasteiger partial charge in [0.05, 0.1) is 38.6 Å². The fourth-order valence-electron chi connectivity index (χ4n) is 4.85. The summed E-state index contributed by atoms with van der Waals surface area (Å²) in [5.41, 5.74) is 0. The van der Waals surface area contributed by atoms with E-state index in [1.54, 1.807) is 4.90 Å². The molecule has 0 aromatic heterocycles. The molecule has 2 aliphatic heterocycles. The first kappa shape index (κ1) is 24.2. The Morgan fingerprint density at radius 3 is 2.45 bits per heavy atom. The summed E-state index contributed by atoms with van der Waals surface area (Å²) in [6.45, 7) is 1.47. The van der Waals surface area contributed by atoms with Gasteiger partial charge >= 0.3 is 6.03 Å². The van der Waals surface area contributed by atoms with Crippen LogP contribution in [0, 0.1) is 5.92 Å². The zero-order valence-electron chi connectivity index (χ0n) is 18.4. The van der Waals surface area contributed by atoms with Crippen LogP contribution in [-0.2, 0) is 14.3 Å². The molecule has 1 saturated carbocycles. The molecule has 0 bridgehead atoms. The molecule has 0 radical (unpaired) electrons. The summed E-state index contributed by atoms with van der Waals surface area (Å²) >= 11 is 0. The van der Waals surface area contributed by atoms with Gasteiger partial charge in [-0.3, -0.25) is 9.18 Å². The lowest BCUT2D eigenvalue weighted by Crippen LogP contribution is -2.57. The fraction of sp³-hybridized carbons (Fsp3) is 0.909. The quantitative estimate of drug-likeness (QED) is 0.557. The highest BCUT2D eigenvalue weighted by molar-refractivity contribution is 5.87. The van der Waals surface area contributed by atoms with Gasteiger partial charge in [-0.15, -0.1) is 0 Å². The Morgan fingerprint density at radius 2 is 1.77 bits per heavy atom. The Balaban J connectivity index is 1.65. The Kier molecular flexibility index (Phi) is 9.80. The summed E-state index contributed by atoms with van der Waals surface area (Å²) in [4.78, 5) is 27.7. The maximum absolute atomic E-state index is 13.2. The summed E-state index contributed by atoms with van der Waals surface area (Å²) in [7, 11) is 0. The van der Waals surface area contributed by atoms with Crippen LogP contribution in [0.1, 0.15) is 57.8 Å². The van der Waals surface area contributed by atoms with Gasteiger partial charge in [0, 0.05) is 19.5 Å². The number of hydrogen-bond acceptors (Lipinski definition) is 5. The number of hydrogen-bond donors (Lipinski definition) is 3. The molecule has 3 rings (SSSR count). The number of halogens is 1. The molecule has 2 saturated heterocycles. The molecule has 3 aliphatic rings. The number of carbonyl (C=O) groups excluding carboxylic acids is 2. The number of aliphatic hydroxyl groups is 1. The first-order chi connectivity index (χ1) is 15.1. The number of carbonyl (C=O) groups is 2. The Labute approximate surface area is 184 Å². The van der Waals surface area contributed by atoms with E-state index in [0.717, 1.165) is 25.7 Å². The van der Waals surface area contributed by atoms with Gasteiger partial charge in [-0.2, -0.15) is 0 Å². The molecular formula is C22H38FN3O5. The lowest BCUT2D eigenvalue weighted by Gasteiger charge is -2.31. The largest absolute Gasteiger partial charge is 0.388 e. The van der Waals surface area contributed by atoms with Crippen molar-refractivity contribution in [2.24, 2.45) is 5.92 Å². The van der Waals surface area contributed by atoms with E-state index in [9.17, 15) is 19.1 Å². The van der Waals surface area contributed by atoms with Gasteiger partial charge in [0.1, 0.15) is 12.1 Å². The molecule has 3 N–H and O–H groups in total. The number of ether oxygens (including phenoxy) is 2. The van der Waals surface area contributed by atoms with E-state index in [-0.39, 0.29) is 25.0 Å². The number of nitrogens with zero attached hydrogens (tertiary/aromatic N) is 1.